The molecular weight excluding hydrogens is 140 g/mol. The van der Waals surface area contributed by atoms with Crippen molar-refractivity contribution in [1.29, 1.82) is 0 Å². The molecule has 2 rings (SSSR count). The molecule has 0 saturated heterocycles. The fourth-order valence-corrected chi connectivity index (χ4v) is 1.48. The summed E-state index contributed by atoms with van der Waals surface area (Å²) in [5.41, 5.74) is 1.05. The average Bonchev–Trinajstić information content (AvgIpc) is 2.04. The van der Waals surface area contributed by atoms with Crippen LogP contribution in [0, 0.1) is 5.92 Å². The van der Waals surface area contributed by atoms with Crippen LogP contribution in [0.3, 0.4) is 0 Å². The lowest BCUT2D eigenvalue weighted by Crippen LogP contribution is -2.37. The maximum absolute atomic E-state index is 10.8. The molecule has 0 fully saturated rings. The molecule has 1 unspecified atom stereocenters. The third-order valence-electron chi connectivity index (χ3n) is 2.08. The summed E-state index contributed by atoms with van der Waals surface area (Å²) in [5, 5.41) is 2.70. The molecule has 0 bridgehead atoms. The van der Waals surface area contributed by atoms with Crippen LogP contribution in [0.2, 0.25) is 0 Å². The Kier molecular flexibility index (Phi) is 1.49. The van der Waals surface area contributed by atoms with Crippen molar-refractivity contribution in [3.63, 3.8) is 0 Å². The second-order valence-corrected chi connectivity index (χ2v) is 2.86. The maximum Gasteiger partial charge on any atom is 0.340 e. The van der Waals surface area contributed by atoms with Gasteiger partial charge in [-0.05, 0) is 12.8 Å². The Hall–Kier alpha value is -1.12. The number of aliphatic imine (C=N–C) groups is 1. The van der Waals surface area contributed by atoms with Gasteiger partial charge in [0.2, 0.25) is 0 Å². The average molecular weight is 150 g/mol. The van der Waals surface area contributed by atoms with Crippen LogP contribution < -0.4 is 5.32 Å². The number of hydrogen-bond donors (Lipinski definition) is 1. The number of nitrogens with zero attached hydrogens (tertiary/aromatic N) is 1. The topological polar surface area (TPSA) is 41.5 Å². The Balaban J connectivity index is 2.26. The van der Waals surface area contributed by atoms with Crippen LogP contribution in [-0.2, 0) is 0 Å². The van der Waals surface area contributed by atoms with E-state index in [9.17, 15) is 4.79 Å². The van der Waals surface area contributed by atoms with E-state index >= 15 is 0 Å². The molecule has 58 valence electrons. The molecule has 1 heterocycles. The molecule has 2 aliphatic rings. The zero-order valence-corrected chi connectivity index (χ0v) is 6.21. The fourth-order valence-electron chi connectivity index (χ4n) is 1.48. The van der Waals surface area contributed by atoms with Gasteiger partial charge in [0.05, 0.1) is 0 Å². The Labute approximate surface area is 65.2 Å². The second-order valence-electron chi connectivity index (χ2n) is 2.86. The molecule has 0 aromatic rings. The van der Waals surface area contributed by atoms with Gasteiger partial charge in [0, 0.05) is 18.2 Å². The van der Waals surface area contributed by atoms with Crippen molar-refractivity contribution in [3.8, 4) is 0 Å². The Morgan fingerprint density at radius 2 is 2.55 bits per heavy atom. The highest BCUT2D eigenvalue weighted by atomic mass is 16.2. The van der Waals surface area contributed by atoms with Crippen molar-refractivity contribution in [1.82, 2.24) is 5.32 Å². The molecule has 0 saturated carbocycles. The summed E-state index contributed by atoms with van der Waals surface area (Å²) >= 11 is 0. The van der Waals surface area contributed by atoms with E-state index in [0.717, 1.165) is 25.1 Å². The monoisotopic (exact) mass is 150 g/mol. The Morgan fingerprint density at radius 1 is 1.64 bits per heavy atom. The molecule has 0 radical (unpaired) electrons. The van der Waals surface area contributed by atoms with Gasteiger partial charge in [0.25, 0.3) is 0 Å². The lowest BCUT2D eigenvalue weighted by atomic mass is 9.92. The molecule has 1 aliphatic heterocycles. The third kappa shape index (κ3) is 1.18. The number of fused-ring (bicyclic) bond motifs is 1. The van der Waals surface area contributed by atoms with E-state index in [4.69, 9.17) is 0 Å². The summed E-state index contributed by atoms with van der Waals surface area (Å²) in [6, 6.07) is -0.174. The van der Waals surface area contributed by atoms with E-state index in [1.165, 1.54) is 0 Å². The number of urea groups is 1. The minimum Gasteiger partial charge on any atom is -0.335 e. The molecule has 0 spiro atoms. The molecule has 3 nitrogen and oxygen atoms in total. The largest absolute Gasteiger partial charge is 0.340 e. The number of hydrogen-bond acceptors (Lipinski definition) is 1. The van der Waals surface area contributed by atoms with Crippen molar-refractivity contribution >= 4 is 11.7 Å². The first-order valence-corrected chi connectivity index (χ1v) is 3.88. The molecule has 3 heteroatoms. The van der Waals surface area contributed by atoms with Crippen LogP contribution in [0.1, 0.15) is 12.8 Å². The molecule has 11 heavy (non-hydrogen) atoms. The van der Waals surface area contributed by atoms with Crippen LogP contribution >= 0.6 is 0 Å². The van der Waals surface area contributed by atoms with Crippen molar-refractivity contribution < 1.29 is 4.79 Å². The molecule has 0 aromatic carbocycles. The van der Waals surface area contributed by atoms with E-state index in [1.807, 2.05) is 0 Å². The van der Waals surface area contributed by atoms with E-state index in [1.54, 1.807) is 0 Å². The highest BCUT2D eigenvalue weighted by Gasteiger charge is 2.21. The predicted octanol–water partition coefficient (Wildman–Crippen LogP) is 1.12. The first-order valence-electron chi connectivity index (χ1n) is 3.88. The number of rotatable bonds is 0. The second kappa shape index (κ2) is 2.49. The van der Waals surface area contributed by atoms with Gasteiger partial charge in [-0.15, -0.1) is 0 Å². The zero-order chi connectivity index (χ0) is 7.68. The summed E-state index contributed by atoms with van der Waals surface area (Å²) in [6.07, 6.45) is 6.26. The van der Waals surface area contributed by atoms with E-state index in [2.05, 4.69) is 22.5 Å². The number of amides is 2. The van der Waals surface area contributed by atoms with Gasteiger partial charge in [-0.3, -0.25) is 0 Å². The Bertz CT molecular complexity index is 242. The first kappa shape index (κ1) is 6.58. The van der Waals surface area contributed by atoms with E-state index in [-0.39, 0.29) is 6.03 Å². The minimum absolute atomic E-state index is 0.174. The summed E-state index contributed by atoms with van der Waals surface area (Å²) < 4.78 is 0. The van der Waals surface area contributed by atoms with Gasteiger partial charge in [-0.1, -0.05) is 12.2 Å². The molecule has 1 aliphatic carbocycles. The van der Waals surface area contributed by atoms with E-state index in [0.29, 0.717) is 5.92 Å². The molecule has 2 amide bonds. The number of carbonyl (C=O) groups is 1. The molecule has 1 atom stereocenters. The summed E-state index contributed by atoms with van der Waals surface area (Å²) in [6.45, 7) is 0.730. The maximum atomic E-state index is 10.8. The number of carbonyl (C=O) groups excluding carboxylic acids is 1. The minimum atomic E-state index is -0.174. The van der Waals surface area contributed by atoms with Crippen LogP contribution in [0.4, 0.5) is 4.79 Å². The summed E-state index contributed by atoms with van der Waals surface area (Å²) in [5.74, 6) is 0.376. The SMILES string of the molecule is O=C1N=C2CCC=CC2CN1. The fraction of sp³-hybridized carbons (Fsp3) is 0.500. The highest BCUT2D eigenvalue weighted by molar-refractivity contribution is 6.00. The normalized spacial score (nSPS) is 28.9. The molecular formula is C8H10N2O. The Morgan fingerprint density at radius 3 is 3.45 bits per heavy atom. The van der Waals surface area contributed by atoms with Crippen molar-refractivity contribution in [3.05, 3.63) is 12.2 Å². The van der Waals surface area contributed by atoms with Gasteiger partial charge >= 0.3 is 6.03 Å². The van der Waals surface area contributed by atoms with Gasteiger partial charge in [0.1, 0.15) is 0 Å². The van der Waals surface area contributed by atoms with Crippen LogP contribution in [0.25, 0.3) is 0 Å². The smallest absolute Gasteiger partial charge is 0.335 e. The van der Waals surface area contributed by atoms with Gasteiger partial charge in [-0.25, -0.2) is 9.79 Å². The lowest BCUT2D eigenvalue weighted by Gasteiger charge is -2.22. The zero-order valence-electron chi connectivity index (χ0n) is 6.21. The van der Waals surface area contributed by atoms with Gasteiger partial charge < -0.3 is 5.32 Å². The highest BCUT2D eigenvalue weighted by Crippen LogP contribution is 2.16. The van der Waals surface area contributed by atoms with E-state index < -0.39 is 0 Å². The summed E-state index contributed by atoms with van der Waals surface area (Å²) in [4.78, 5) is 14.7. The standard InChI is InChI=1S/C8H10N2O/c11-8-9-5-6-3-1-2-4-7(6)10-8/h1,3,6H,2,4-5H2,(H,9,11). The van der Waals surface area contributed by atoms with Crippen molar-refractivity contribution in [2.24, 2.45) is 10.9 Å². The third-order valence-corrected chi connectivity index (χ3v) is 2.08. The van der Waals surface area contributed by atoms with Crippen molar-refractivity contribution in [2.75, 3.05) is 6.54 Å². The predicted molar refractivity (Wildman–Crippen MR) is 42.7 cm³/mol. The quantitative estimate of drug-likeness (QED) is 0.516. The number of nitrogens with one attached hydrogen (secondary N) is 1. The van der Waals surface area contributed by atoms with Crippen LogP contribution in [-0.4, -0.2) is 18.3 Å². The first-order chi connectivity index (χ1) is 5.36. The lowest BCUT2D eigenvalue weighted by molar-refractivity contribution is 0.247. The van der Waals surface area contributed by atoms with Crippen LogP contribution in [0.15, 0.2) is 17.1 Å². The number of allylic oxidation sites excluding steroid dienone is 1. The molecule has 1 N–H and O–H groups in total. The van der Waals surface area contributed by atoms with Crippen molar-refractivity contribution in [2.45, 2.75) is 12.8 Å². The van der Waals surface area contributed by atoms with Gasteiger partial charge in [0.15, 0.2) is 0 Å². The molecule has 0 aromatic heterocycles. The summed E-state index contributed by atoms with van der Waals surface area (Å²) in [7, 11) is 0. The van der Waals surface area contributed by atoms with Gasteiger partial charge in [-0.2, -0.15) is 0 Å². The van der Waals surface area contributed by atoms with Crippen LogP contribution in [0.5, 0.6) is 0 Å².